The van der Waals surface area contributed by atoms with Crippen molar-refractivity contribution in [1.29, 1.82) is 0 Å². The van der Waals surface area contributed by atoms with Crippen LogP contribution in [0.4, 0.5) is 5.69 Å². The Hall–Kier alpha value is -2.82. The van der Waals surface area contributed by atoms with E-state index < -0.39 is 5.97 Å². The van der Waals surface area contributed by atoms with Crippen LogP contribution < -0.4 is 10.6 Å². The van der Waals surface area contributed by atoms with E-state index in [1.807, 2.05) is 31.2 Å². The van der Waals surface area contributed by atoms with Crippen molar-refractivity contribution in [3.63, 3.8) is 0 Å². The van der Waals surface area contributed by atoms with Gasteiger partial charge in [-0.05, 0) is 30.7 Å². The Balaban J connectivity index is 1.83. The average molecular weight is 312 g/mol. The van der Waals surface area contributed by atoms with Crippen molar-refractivity contribution in [3.05, 3.63) is 65.2 Å². The lowest BCUT2D eigenvalue weighted by atomic mass is 10.1. The van der Waals surface area contributed by atoms with Gasteiger partial charge in [0, 0.05) is 12.2 Å². The van der Waals surface area contributed by atoms with Crippen LogP contribution in [0, 0.1) is 6.92 Å². The van der Waals surface area contributed by atoms with Gasteiger partial charge in [0.15, 0.2) is 0 Å². The molecule has 0 radical (unpaired) electrons. The SMILES string of the molecule is COC(=O)c1cccc(NCC(=O)NCc2cccc(C)c2)c1. The molecule has 0 saturated carbocycles. The summed E-state index contributed by atoms with van der Waals surface area (Å²) in [5, 5.41) is 5.84. The molecule has 0 unspecified atom stereocenters. The Morgan fingerprint density at radius 2 is 1.87 bits per heavy atom. The van der Waals surface area contributed by atoms with E-state index in [-0.39, 0.29) is 12.5 Å². The minimum Gasteiger partial charge on any atom is -0.465 e. The van der Waals surface area contributed by atoms with Gasteiger partial charge in [-0.15, -0.1) is 0 Å². The first kappa shape index (κ1) is 16.5. The molecule has 2 aromatic carbocycles. The van der Waals surface area contributed by atoms with Gasteiger partial charge in [0.25, 0.3) is 0 Å². The van der Waals surface area contributed by atoms with Gasteiger partial charge in [0.1, 0.15) is 0 Å². The van der Waals surface area contributed by atoms with Gasteiger partial charge < -0.3 is 15.4 Å². The monoisotopic (exact) mass is 312 g/mol. The predicted molar refractivity (Wildman–Crippen MR) is 89.3 cm³/mol. The topological polar surface area (TPSA) is 67.4 Å². The van der Waals surface area contributed by atoms with Crippen LogP contribution in [0.3, 0.4) is 0 Å². The van der Waals surface area contributed by atoms with Crippen molar-refractivity contribution in [1.82, 2.24) is 5.32 Å². The van der Waals surface area contributed by atoms with E-state index in [2.05, 4.69) is 15.4 Å². The van der Waals surface area contributed by atoms with Crippen LogP contribution in [-0.2, 0) is 16.1 Å². The lowest BCUT2D eigenvalue weighted by molar-refractivity contribution is -0.119. The van der Waals surface area contributed by atoms with Gasteiger partial charge in [-0.25, -0.2) is 4.79 Å². The second-order valence-corrected chi connectivity index (χ2v) is 5.19. The summed E-state index contributed by atoms with van der Waals surface area (Å²) in [5.41, 5.74) is 3.36. The standard InChI is InChI=1S/C18H20N2O3/c1-13-5-3-6-14(9-13)11-20-17(21)12-19-16-8-4-7-15(10-16)18(22)23-2/h3-10,19H,11-12H2,1-2H3,(H,20,21). The van der Waals surface area contributed by atoms with Crippen LogP contribution in [0.25, 0.3) is 0 Å². The van der Waals surface area contributed by atoms with Gasteiger partial charge >= 0.3 is 5.97 Å². The largest absolute Gasteiger partial charge is 0.465 e. The Labute approximate surface area is 135 Å². The van der Waals surface area contributed by atoms with Gasteiger partial charge in [-0.1, -0.05) is 35.9 Å². The molecular formula is C18H20N2O3. The van der Waals surface area contributed by atoms with Crippen molar-refractivity contribution in [2.75, 3.05) is 19.0 Å². The smallest absolute Gasteiger partial charge is 0.337 e. The molecule has 0 aliphatic carbocycles. The van der Waals surface area contributed by atoms with Crippen molar-refractivity contribution in [2.24, 2.45) is 0 Å². The van der Waals surface area contributed by atoms with E-state index in [0.717, 1.165) is 11.1 Å². The highest BCUT2D eigenvalue weighted by atomic mass is 16.5. The molecule has 23 heavy (non-hydrogen) atoms. The zero-order valence-corrected chi connectivity index (χ0v) is 13.3. The van der Waals surface area contributed by atoms with Gasteiger partial charge in [0.2, 0.25) is 5.91 Å². The lowest BCUT2D eigenvalue weighted by Gasteiger charge is -2.09. The summed E-state index contributed by atoms with van der Waals surface area (Å²) in [5.74, 6) is -0.521. The molecule has 0 aliphatic rings. The minimum atomic E-state index is -0.405. The third kappa shape index (κ3) is 5.14. The summed E-state index contributed by atoms with van der Waals surface area (Å²) in [6, 6.07) is 14.8. The highest BCUT2D eigenvalue weighted by molar-refractivity contribution is 5.90. The third-order valence-electron chi connectivity index (χ3n) is 3.31. The summed E-state index contributed by atoms with van der Waals surface area (Å²) in [7, 11) is 1.33. The van der Waals surface area contributed by atoms with Crippen molar-refractivity contribution in [3.8, 4) is 0 Å². The number of hydrogen-bond acceptors (Lipinski definition) is 4. The lowest BCUT2D eigenvalue weighted by Crippen LogP contribution is -2.29. The van der Waals surface area contributed by atoms with E-state index in [1.165, 1.54) is 7.11 Å². The van der Waals surface area contributed by atoms with E-state index in [9.17, 15) is 9.59 Å². The maximum absolute atomic E-state index is 11.9. The van der Waals surface area contributed by atoms with Crippen molar-refractivity contribution >= 4 is 17.6 Å². The summed E-state index contributed by atoms with van der Waals surface area (Å²) < 4.78 is 4.67. The molecule has 2 N–H and O–H groups in total. The van der Waals surface area contributed by atoms with E-state index in [1.54, 1.807) is 24.3 Å². The first-order chi connectivity index (χ1) is 11.1. The Bertz CT molecular complexity index is 698. The third-order valence-corrected chi connectivity index (χ3v) is 3.31. The number of aryl methyl sites for hydroxylation is 1. The summed E-state index contributed by atoms with van der Waals surface area (Å²) in [4.78, 5) is 23.3. The normalized spacial score (nSPS) is 10.0. The van der Waals surface area contributed by atoms with E-state index in [0.29, 0.717) is 17.8 Å². The summed E-state index contributed by atoms with van der Waals surface area (Å²) in [6.07, 6.45) is 0. The zero-order chi connectivity index (χ0) is 16.7. The molecule has 5 heteroatoms. The number of carbonyl (C=O) groups is 2. The molecule has 2 rings (SSSR count). The van der Waals surface area contributed by atoms with E-state index in [4.69, 9.17) is 0 Å². The Kier molecular flexibility index (Phi) is 5.74. The van der Waals surface area contributed by atoms with Gasteiger partial charge in [0.05, 0.1) is 19.2 Å². The second-order valence-electron chi connectivity index (χ2n) is 5.19. The average Bonchev–Trinajstić information content (AvgIpc) is 2.57. The van der Waals surface area contributed by atoms with Crippen LogP contribution >= 0.6 is 0 Å². The zero-order valence-electron chi connectivity index (χ0n) is 13.3. The summed E-state index contributed by atoms with van der Waals surface area (Å²) in [6.45, 7) is 2.64. The van der Waals surface area contributed by atoms with Crippen LogP contribution in [0.1, 0.15) is 21.5 Å². The molecular weight excluding hydrogens is 292 g/mol. The van der Waals surface area contributed by atoms with Gasteiger partial charge in [-0.3, -0.25) is 4.79 Å². The Morgan fingerprint density at radius 3 is 2.61 bits per heavy atom. The number of methoxy groups -OCH3 is 1. The number of esters is 1. The number of rotatable bonds is 6. The van der Waals surface area contributed by atoms with Crippen LogP contribution in [0.2, 0.25) is 0 Å². The number of ether oxygens (including phenoxy) is 1. The molecule has 0 aliphatic heterocycles. The molecule has 0 atom stereocenters. The molecule has 0 saturated heterocycles. The molecule has 0 fully saturated rings. The highest BCUT2D eigenvalue weighted by Gasteiger charge is 2.06. The number of amides is 1. The molecule has 0 aromatic heterocycles. The molecule has 2 aromatic rings. The number of anilines is 1. The van der Waals surface area contributed by atoms with E-state index >= 15 is 0 Å². The fraction of sp³-hybridized carbons (Fsp3) is 0.222. The van der Waals surface area contributed by atoms with Gasteiger partial charge in [-0.2, -0.15) is 0 Å². The first-order valence-electron chi connectivity index (χ1n) is 7.33. The first-order valence-corrected chi connectivity index (χ1v) is 7.33. The van der Waals surface area contributed by atoms with Crippen molar-refractivity contribution in [2.45, 2.75) is 13.5 Å². The summed E-state index contributed by atoms with van der Waals surface area (Å²) >= 11 is 0. The fourth-order valence-corrected chi connectivity index (χ4v) is 2.14. The molecule has 5 nitrogen and oxygen atoms in total. The minimum absolute atomic E-state index is 0.116. The predicted octanol–water partition coefficient (Wildman–Crippen LogP) is 2.51. The second kappa shape index (κ2) is 7.98. The molecule has 0 spiro atoms. The Morgan fingerprint density at radius 1 is 1.09 bits per heavy atom. The fourth-order valence-electron chi connectivity index (χ4n) is 2.14. The number of hydrogen-bond donors (Lipinski definition) is 2. The molecule has 0 heterocycles. The maximum Gasteiger partial charge on any atom is 0.337 e. The molecule has 120 valence electrons. The number of nitrogens with one attached hydrogen (secondary N) is 2. The number of carbonyl (C=O) groups excluding carboxylic acids is 2. The molecule has 1 amide bonds. The maximum atomic E-state index is 11.9. The number of benzene rings is 2. The van der Waals surface area contributed by atoms with Crippen LogP contribution in [0.5, 0.6) is 0 Å². The van der Waals surface area contributed by atoms with Crippen LogP contribution in [-0.4, -0.2) is 25.5 Å². The molecule has 0 bridgehead atoms. The quantitative estimate of drug-likeness (QED) is 0.804. The van der Waals surface area contributed by atoms with Crippen molar-refractivity contribution < 1.29 is 14.3 Å². The van der Waals surface area contributed by atoms with Crippen LogP contribution in [0.15, 0.2) is 48.5 Å². The highest BCUT2D eigenvalue weighted by Crippen LogP contribution is 2.11.